The van der Waals surface area contributed by atoms with Gasteiger partial charge in [0.25, 0.3) is 0 Å². The SMILES string of the molecule is CC(Cc1nc(-c2ccccc2)cs1)(C(=O)NCC(C)(C(=O)Nc1cnc2ccccc2c1)S(=O)(=O)c1ccc(Cl)cc1F)S(=O)(=O)c1ccc(Cl)cc1F. The number of halogens is 4. The molecule has 0 fully saturated rings. The third-order valence-electron chi connectivity index (χ3n) is 9.06. The van der Waals surface area contributed by atoms with Crippen molar-refractivity contribution in [1.82, 2.24) is 15.3 Å². The smallest absolute Gasteiger partial charge is 0.247 e. The number of pyridine rings is 1. The molecule has 2 atom stereocenters. The van der Waals surface area contributed by atoms with Crippen LogP contribution >= 0.6 is 34.5 Å². The molecule has 10 nitrogen and oxygen atoms in total. The third-order valence-corrected chi connectivity index (χ3v) is 15.2. The lowest BCUT2D eigenvalue weighted by Gasteiger charge is -2.32. The second-order valence-electron chi connectivity index (χ2n) is 12.8. The fraction of sp³-hybridized carbons (Fsp3) is 0.158. The molecule has 6 rings (SSSR count). The van der Waals surface area contributed by atoms with Crippen molar-refractivity contribution in [2.24, 2.45) is 0 Å². The number of benzene rings is 4. The normalized spacial score (nSPS) is 14.1. The van der Waals surface area contributed by atoms with E-state index in [0.29, 0.717) is 22.2 Å². The standard InChI is InChI=1S/C38H30Cl2F2N4O6S3/c1-37(54(49,50)32-14-12-25(39)17-28(32)41,19-34-46-31(21-53-34)23-8-4-3-5-9-23)35(47)44-22-38(2,55(51,52)33-15-13-26(40)18-29(33)42)36(48)45-27-16-24-10-6-7-11-30(24)43-20-27/h3-18,20-21H,19,22H2,1-2H3,(H,44,47)(H,45,48). The molecule has 2 amide bonds. The topological polar surface area (TPSA) is 152 Å². The van der Waals surface area contributed by atoms with E-state index in [2.05, 4.69) is 20.6 Å². The van der Waals surface area contributed by atoms with Gasteiger partial charge in [-0.05, 0) is 62.4 Å². The highest BCUT2D eigenvalue weighted by Crippen LogP contribution is 2.36. The second kappa shape index (κ2) is 15.4. The van der Waals surface area contributed by atoms with E-state index in [4.69, 9.17) is 23.2 Å². The number of carbonyl (C=O) groups is 2. The highest BCUT2D eigenvalue weighted by Gasteiger charge is 2.53. The molecule has 2 unspecified atom stereocenters. The van der Waals surface area contributed by atoms with E-state index in [9.17, 15) is 26.4 Å². The van der Waals surface area contributed by atoms with Crippen LogP contribution in [0.4, 0.5) is 14.5 Å². The summed E-state index contributed by atoms with van der Waals surface area (Å²) in [6.07, 6.45) is 0.696. The summed E-state index contributed by atoms with van der Waals surface area (Å²) in [5.74, 6) is -5.00. The zero-order chi connectivity index (χ0) is 39.8. The highest BCUT2D eigenvalue weighted by atomic mass is 35.5. The lowest BCUT2D eigenvalue weighted by molar-refractivity contribution is -0.123. The van der Waals surface area contributed by atoms with Gasteiger partial charge in [0, 0.05) is 39.3 Å². The Balaban J connectivity index is 1.41. The molecule has 284 valence electrons. The Labute approximate surface area is 329 Å². The van der Waals surface area contributed by atoms with Crippen LogP contribution in [0, 0.1) is 11.6 Å². The van der Waals surface area contributed by atoms with Crippen LogP contribution in [0.2, 0.25) is 10.0 Å². The van der Waals surface area contributed by atoms with Gasteiger partial charge in [-0.1, -0.05) is 71.7 Å². The van der Waals surface area contributed by atoms with Gasteiger partial charge in [0.05, 0.1) is 28.1 Å². The van der Waals surface area contributed by atoms with Crippen molar-refractivity contribution in [2.75, 3.05) is 11.9 Å². The Morgan fingerprint density at radius 1 is 0.764 bits per heavy atom. The van der Waals surface area contributed by atoms with E-state index in [0.717, 1.165) is 61.6 Å². The molecule has 0 aliphatic rings. The molecule has 0 radical (unpaired) electrons. The van der Waals surface area contributed by atoms with Crippen molar-refractivity contribution in [3.05, 3.63) is 135 Å². The van der Waals surface area contributed by atoms with Crippen molar-refractivity contribution in [3.63, 3.8) is 0 Å². The number of para-hydroxylation sites is 1. The number of hydrogen-bond acceptors (Lipinski definition) is 9. The van der Waals surface area contributed by atoms with E-state index < -0.39 is 75.4 Å². The van der Waals surface area contributed by atoms with Gasteiger partial charge >= 0.3 is 0 Å². The number of carbonyl (C=O) groups excluding carboxylic acids is 2. The number of amides is 2. The van der Waals surface area contributed by atoms with Gasteiger partial charge in [-0.2, -0.15) is 0 Å². The predicted octanol–water partition coefficient (Wildman–Crippen LogP) is 7.71. The molecular weight excluding hydrogens is 814 g/mol. The average molecular weight is 844 g/mol. The minimum absolute atomic E-state index is 0.0802. The van der Waals surface area contributed by atoms with Crippen LogP contribution in [-0.2, 0) is 35.7 Å². The number of fused-ring (bicyclic) bond motifs is 1. The van der Waals surface area contributed by atoms with E-state index >= 15 is 8.78 Å². The summed E-state index contributed by atoms with van der Waals surface area (Å²) in [7, 11) is -10.0. The van der Waals surface area contributed by atoms with Gasteiger partial charge in [0.15, 0.2) is 29.2 Å². The maximum Gasteiger partial charge on any atom is 0.247 e. The van der Waals surface area contributed by atoms with E-state index in [1.807, 2.05) is 0 Å². The minimum Gasteiger partial charge on any atom is -0.353 e. The van der Waals surface area contributed by atoms with Gasteiger partial charge in [0.1, 0.15) is 21.4 Å². The van der Waals surface area contributed by atoms with Crippen LogP contribution in [0.15, 0.2) is 118 Å². The quantitative estimate of drug-likeness (QED) is 0.127. The Morgan fingerprint density at radius 2 is 1.35 bits per heavy atom. The van der Waals surface area contributed by atoms with Crippen LogP contribution < -0.4 is 10.6 Å². The summed E-state index contributed by atoms with van der Waals surface area (Å²) in [6, 6.07) is 23.0. The van der Waals surface area contributed by atoms with Gasteiger partial charge in [0.2, 0.25) is 11.8 Å². The van der Waals surface area contributed by atoms with Gasteiger partial charge in [-0.3, -0.25) is 14.6 Å². The maximum absolute atomic E-state index is 15.3. The molecule has 2 N–H and O–H groups in total. The average Bonchev–Trinajstić information content (AvgIpc) is 3.61. The van der Waals surface area contributed by atoms with Crippen LogP contribution in [0.5, 0.6) is 0 Å². The molecule has 0 spiro atoms. The Kier molecular flexibility index (Phi) is 11.2. The first-order valence-corrected chi connectivity index (χ1v) is 20.9. The largest absolute Gasteiger partial charge is 0.353 e. The van der Waals surface area contributed by atoms with E-state index in [-0.39, 0.29) is 20.7 Å². The fourth-order valence-electron chi connectivity index (χ4n) is 5.73. The summed E-state index contributed by atoms with van der Waals surface area (Å²) in [4.78, 5) is 35.6. The van der Waals surface area contributed by atoms with E-state index in [1.54, 1.807) is 60.0 Å². The zero-order valence-corrected chi connectivity index (χ0v) is 32.8. The number of rotatable bonds is 12. The van der Waals surface area contributed by atoms with Crippen molar-refractivity contribution in [2.45, 2.75) is 39.6 Å². The number of anilines is 1. The zero-order valence-electron chi connectivity index (χ0n) is 28.9. The van der Waals surface area contributed by atoms with Crippen molar-refractivity contribution in [3.8, 4) is 11.3 Å². The molecule has 17 heteroatoms. The van der Waals surface area contributed by atoms with Gasteiger partial charge in [-0.25, -0.2) is 30.6 Å². The monoisotopic (exact) mass is 842 g/mol. The molecule has 0 bridgehead atoms. The summed E-state index contributed by atoms with van der Waals surface area (Å²) in [5, 5.41) is 7.07. The Morgan fingerprint density at radius 3 is 1.96 bits per heavy atom. The summed E-state index contributed by atoms with van der Waals surface area (Å²) >= 11 is 12.9. The molecule has 2 heterocycles. The molecule has 55 heavy (non-hydrogen) atoms. The molecule has 4 aromatic carbocycles. The molecule has 0 saturated carbocycles. The molecule has 0 aliphatic heterocycles. The fourth-order valence-corrected chi connectivity index (χ4v) is 10.4. The van der Waals surface area contributed by atoms with Crippen LogP contribution in [0.1, 0.15) is 18.9 Å². The lowest BCUT2D eigenvalue weighted by Crippen LogP contribution is -2.59. The summed E-state index contributed by atoms with van der Waals surface area (Å²) in [6.45, 7) is 0.934. The molecule has 0 aliphatic carbocycles. The number of aromatic nitrogens is 2. The summed E-state index contributed by atoms with van der Waals surface area (Å²) in [5.41, 5.74) is 1.87. The lowest BCUT2D eigenvalue weighted by atomic mass is 10.0. The van der Waals surface area contributed by atoms with Crippen molar-refractivity contribution >= 4 is 82.6 Å². The summed E-state index contributed by atoms with van der Waals surface area (Å²) < 4.78 is 82.7. The van der Waals surface area contributed by atoms with Crippen LogP contribution in [-0.4, -0.2) is 54.7 Å². The van der Waals surface area contributed by atoms with Crippen molar-refractivity contribution < 1.29 is 35.2 Å². The number of hydrogen-bond donors (Lipinski definition) is 2. The minimum atomic E-state index is -5.05. The third kappa shape index (κ3) is 7.71. The first kappa shape index (κ1) is 39.9. The molecule has 6 aromatic rings. The Bertz CT molecular complexity index is 2680. The van der Waals surface area contributed by atoms with Crippen molar-refractivity contribution in [1.29, 1.82) is 0 Å². The van der Waals surface area contributed by atoms with Gasteiger partial charge < -0.3 is 10.6 Å². The number of thiazole rings is 1. The second-order valence-corrected chi connectivity index (χ2v) is 19.4. The highest BCUT2D eigenvalue weighted by molar-refractivity contribution is 7.94. The van der Waals surface area contributed by atoms with Crippen LogP contribution in [0.25, 0.3) is 22.2 Å². The number of sulfone groups is 2. The first-order chi connectivity index (χ1) is 26.0. The predicted molar refractivity (Wildman–Crippen MR) is 209 cm³/mol. The molecule has 0 saturated heterocycles. The molecule has 2 aromatic heterocycles. The first-order valence-electron chi connectivity index (χ1n) is 16.3. The maximum atomic E-state index is 15.3. The molecular formula is C38H30Cl2F2N4O6S3. The van der Waals surface area contributed by atoms with Crippen LogP contribution in [0.3, 0.4) is 0 Å². The van der Waals surface area contributed by atoms with Gasteiger partial charge in [-0.15, -0.1) is 11.3 Å². The van der Waals surface area contributed by atoms with E-state index in [1.165, 1.54) is 12.3 Å². The number of nitrogens with zero attached hydrogens (tertiary/aromatic N) is 2. The number of nitrogens with one attached hydrogen (secondary N) is 2. The Hall–Kier alpha value is -4.80.